The molecule has 0 aliphatic carbocycles. The minimum Gasteiger partial charge on any atom is -0.274 e. The Morgan fingerprint density at radius 3 is 2.50 bits per heavy atom. The van der Waals surface area contributed by atoms with E-state index < -0.39 is 0 Å². The van der Waals surface area contributed by atoms with Gasteiger partial charge >= 0.3 is 0 Å². The second-order valence-corrected chi connectivity index (χ2v) is 4.66. The van der Waals surface area contributed by atoms with Crippen LogP contribution in [-0.4, -0.2) is 12.5 Å². The third kappa shape index (κ3) is 3.07. The van der Waals surface area contributed by atoms with Gasteiger partial charge in [0.25, 0.3) is 5.91 Å². The van der Waals surface area contributed by atoms with E-state index in [0.717, 1.165) is 5.56 Å². The van der Waals surface area contributed by atoms with Crippen LogP contribution in [0, 0.1) is 0 Å². The van der Waals surface area contributed by atoms with Crippen LogP contribution in [0.3, 0.4) is 0 Å². The molecule has 16 heavy (non-hydrogen) atoms. The van der Waals surface area contributed by atoms with Gasteiger partial charge in [-0.2, -0.15) is 0 Å². The van der Waals surface area contributed by atoms with Crippen molar-refractivity contribution in [3.8, 4) is 0 Å². The van der Waals surface area contributed by atoms with Crippen molar-refractivity contribution in [2.24, 2.45) is 0 Å². The van der Waals surface area contributed by atoms with Crippen LogP contribution in [0.4, 0.5) is 0 Å². The summed E-state index contributed by atoms with van der Waals surface area (Å²) in [4.78, 5) is 16.8. The fraction of sp³-hybridized carbons (Fsp3) is 0.462. The molecule has 0 spiro atoms. The number of rotatable bonds is 3. The van der Waals surface area contributed by atoms with Crippen molar-refractivity contribution in [1.82, 2.24) is 5.48 Å². The van der Waals surface area contributed by atoms with Crippen molar-refractivity contribution in [3.05, 3.63) is 35.4 Å². The molecule has 1 aromatic carbocycles. The molecule has 1 rings (SSSR count). The first-order valence-corrected chi connectivity index (χ1v) is 5.48. The van der Waals surface area contributed by atoms with Gasteiger partial charge in [-0.1, -0.05) is 39.0 Å². The Bertz CT molecular complexity index is 366. The Hall–Kier alpha value is -1.35. The van der Waals surface area contributed by atoms with Crippen LogP contribution in [0.25, 0.3) is 0 Å². The lowest BCUT2D eigenvalue weighted by Crippen LogP contribution is -2.27. The van der Waals surface area contributed by atoms with Gasteiger partial charge in [0, 0.05) is 5.56 Å². The lowest BCUT2D eigenvalue weighted by molar-refractivity contribution is 0.0363. The largest absolute Gasteiger partial charge is 0.275 e. The highest BCUT2D eigenvalue weighted by molar-refractivity contribution is 5.95. The molecule has 0 saturated heterocycles. The fourth-order valence-electron chi connectivity index (χ4n) is 1.53. The predicted molar refractivity (Wildman–Crippen MR) is 64.2 cm³/mol. The zero-order valence-electron chi connectivity index (χ0n) is 10.3. The number of amides is 1. The quantitative estimate of drug-likeness (QED) is 0.797. The van der Waals surface area contributed by atoms with E-state index in [0.29, 0.717) is 12.2 Å². The van der Waals surface area contributed by atoms with E-state index in [1.54, 1.807) is 0 Å². The topological polar surface area (TPSA) is 38.3 Å². The predicted octanol–water partition coefficient (Wildman–Crippen LogP) is 2.67. The smallest absolute Gasteiger partial charge is 0.274 e. The van der Waals surface area contributed by atoms with E-state index in [-0.39, 0.29) is 11.3 Å². The molecule has 0 radical (unpaired) electrons. The summed E-state index contributed by atoms with van der Waals surface area (Å²) < 4.78 is 0. The first-order valence-electron chi connectivity index (χ1n) is 5.48. The van der Waals surface area contributed by atoms with Crippen LogP contribution in [0.1, 0.15) is 43.6 Å². The molecule has 1 N–H and O–H groups in total. The van der Waals surface area contributed by atoms with Crippen LogP contribution < -0.4 is 5.48 Å². The standard InChI is InChI=1S/C13H19NO2/c1-5-16-14-12(15)10-8-6-7-9-11(10)13(2,3)4/h6-9H,5H2,1-4H3,(H,14,15). The van der Waals surface area contributed by atoms with Crippen LogP contribution in [-0.2, 0) is 10.3 Å². The van der Waals surface area contributed by atoms with Gasteiger partial charge in [0.2, 0.25) is 0 Å². The minimum absolute atomic E-state index is 0.0554. The number of nitrogens with one attached hydrogen (secondary N) is 1. The summed E-state index contributed by atoms with van der Waals surface area (Å²) in [5.41, 5.74) is 4.06. The molecule has 3 heteroatoms. The monoisotopic (exact) mass is 221 g/mol. The Morgan fingerprint density at radius 1 is 1.31 bits per heavy atom. The minimum atomic E-state index is -0.188. The third-order valence-electron chi connectivity index (χ3n) is 2.29. The van der Waals surface area contributed by atoms with Crippen molar-refractivity contribution in [2.75, 3.05) is 6.61 Å². The number of hydroxylamine groups is 1. The van der Waals surface area contributed by atoms with Crippen molar-refractivity contribution < 1.29 is 9.63 Å². The molecule has 0 aliphatic rings. The molecule has 0 aromatic heterocycles. The third-order valence-corrected chi connectivity index (χ3v) is 2.29. The normalized spacial score (nSPS) is 11.2. The zero-order chi connectivity index (χ0) is 12.2. The van der Waals surface area contributed by atoms with Crippen molar-refractivity contribution in [2.45, 2.75) is 33.1 Å². The van der Waals surface area contributed by atoms with Gasteiger partial charge in [-0.05, 0) is 24.0 Å². The highest BCUT2D eigenvalue weighted by Crippen LogP contribution is 2.25. The lowest BCUT2D eigenvalue weighted by atomic mass is 9.83. The summed E-state index contributed by atoms with van der Waals surface area (Å²) >= 11 is 0. The number of benzene rings is 1. The van der Waals surface area contributed by atoms with Gasteiger partial charge < -0.3 is 0 Å². The van der Waals surface area contributed by atoms with E-state index in [1.807, 2.05) is 31.2 Å². The molecule has 1 amide bonds. The Balaban J connectivity index is 3.00. The Kier molecular flexibility index (Phi) is 4.07. The maximum absolute atomic E-state index is 11.8. The second-order valence-electron chi connectivity index (χ2n) is 4.66. The molecule has 0 bridgehead atoms. The summed E-state index contributed by atoms with van der Waals surface area (Å²) in [7, 11) is 0. The number of carbonyl (C=O) groups excluding carboxylic acids is 1. The van der Waals surface area contributed by atoms with Gasteiger partial charge in [-0.15, -0.1) is 0 Å². The number of carbonyl (C=O) groups is 1. The van der Waals surface area contributed by atoms with Crippen LogP contribution in [0.2, 0.25) is 0 Å². The summed E-state index contributed by atoms with van der Waals surface area (Å²) in [6.07, 6.45) is 0. The molecule has 0 heterocycles. The second kappa shape index (κ2) is 5.12. The molecule has 0 atom stereocenters. The van der Waals surface area contributed by atoms with Crippen LogP contribution >= 0.6 is 0 Å². The molecule has 0 saturated carbocycles. The summed E-state index contributed by atoms with van der Waals surface area (Å²) in [6.45, 7) is 8.54. The van der Waals surface area contributed by atoms with Crippen molar-refractivity contribution in [1.29, 1.82) is 0 Å². The van der Waals surface area contributed by atoms with E-state index in [1.165, 1.54) is 0 Å². The summed E-state index contributed by atoms with van der Waals surface area (Å²) in [5.74, 6) is -0.188. The number of hydrogen-bond donors (Lipinski definition) is 1. The van der Waals surface area contributed by atoms with Crippen LogP contribution in [0.15, 0.2) is 24.3 Å². The molecule has 0 aliphatic heterocycles. The highest BCUT2D eigenvalue weighted by atomic mass is 16.6. The first-order chi connectivity index (χ1) is 7.46. The maximum atomic E-state index is 11.8. The Labute approximate surface area is 96.8 Å². The average molecular weight is 221 g/mol. The van der Waals surface area contributed by atoms with Gasteiger partial charge in [0.05, 0.1) is 6.61 Å². The summed E-state index contributed by atoms with van der Waals surface area (Å²) in [6, 6.07) is 7.59. The van der Waals surface area contributed by atoms with Crippen molar-refractivity contribution >= 4 is 5.91 Å². The first kappa shape index (κ1) is 12.7. The van der Waals surface area contributed by atoms with E-state index >= 15 is 0 Å². The van der Waals surface area contributed by atoms with Gasteiger partial charge in [-0.3, -0.25) is 9.63 Å². The van der Waals surface area contributed by atoms with Gasteiger partial charge in [0.15, 0.2) is 0 Å². The summed E-state index contributed by atoms with van der Waals surface area (Å²) in [5, 5.41) is 0. The molecule has 3 nitrogen and oxygen atoms in total. The average Bonchev–Trinajstić information content (AvgIpc) is 2.24. The van der Waals surface area contributed by atoms with Crippen LogP contribution in [0.5, 0.6) is 0 Å². The maximum Gasteiger partial charge on any atom is 0.275 e. The molecule has 88 valence electrons. The molecular weight excluding hydrogens is 202 g/mol. The zero-order valence-corrected chi connectivity index (χ0v) is 10.3. The Morgan fingerprint density at radius 2 is 1.94 bits per heavy atom. The van der Waals surface area contributed by atoms with E-state index in [2.05, 4.69) is 26.3 Å². The highest BCUT2D eigenvalue weighted by Gasteiger charge is 2.20. The van der Waals surface area contributed by atoms with E-state index in [9.17, 15) is 4.79 Å². The number of hydrogen-bond acceptors (Lipinski definition) is 2. The lowest BCUT2D eigenvalue weighted by Gasteiger charge is -2.22. The van der Waals surface area contributed by atoms with Crippen molar-refractivity contribution in [3.63, 3.8) is 0 Å². The van der Waals surface area contributed by atoms with E-state index in [4.69, 9.17) is 4.84 Å². The molecule has 0 fully saturated rings. The molecular formula is C13H19NO2. The molecule has 0 unspecified atom stereocenters. The fourth-order valence-corrected chi connectivity index (χ4v) is 1.53. The van der Waals surface area contributed by atoms with Gasteiger partial charge in [-0.25, -0.2) is 5.48 Å². The van der Waals surface area contributed by atoms with Gasteiger partial charge in [0.1, 0.15) is 0 Å². The SMILES string of the molecule is CCONC(=O)c1ccccc1C(C)(C)C. The molecule has 1 aromatic rings.